The number of carbonyl (C=O) groups is 1. The smallest absolute Gasteiger partial charge is 0.156 e. The molecule has 1 aromatic rings. The highest BCUT2D eigenvalue weighted by Crippen LogP contribution is 2.34. The van der Waals surface area contributed by atoms with Gasteiger partial charge < -0.3 is 5.32 Å². The van der Waals surface area contributed by atoms with Gasteiger partial charge in [0.15, 0.2) is 5.78 Å². The van der Waals surface area contributed by atoms with Gasteiger partial charge in [0, 0.05) is 12.5 Å². The molecule has 1 aliphatic rings. The van der Waals surface area contributed by atoms with Crippen molar-refractivity contribution in [2.24, 2.45) is 5.41 Å². The van der Waals surface area contributed by atoms with Gasteiger partial charge in [0.1, 0.15) is 0 Å². The first-order valence-corrected chi connectivity index (χ1v) is 8.14. The summed E-state index contributed by atoms with van der Waals surface area (Å²) in [6.07, 6.45) is 7.60. The number of carbonyl (C=O) groups excluding carboxylic acids is 1. The summed E-state index contributed by atoms with van der Waals surface area (Å²) >= 11 is 0. The molecule has 2 rings (SSSR count). The maximum atomic E-state index is 11.8. The van der Waals surface area contributed by atoms with Crippen LogP contribution >= 0.6 is 0 Å². The fraction of sp³-hybridized carbons (Fsp3) is 0.450. The topological polar surface area (TPSA) is 29.1 Å². The molecular formula is C20H27NO. The zero-order valence-electron chi connectivity index (χ0n) is 14.1. The number of hydrogen-bond acceptors (Lipinski definition) is 2. The van der Waals surface area contributed by atoms with Crippen molar-refractivity contribution in [1.29, 1.82) is 0 Å². The highest BCUT2D eigenvalue weighted by molar-refractivity contribution is 5.92. The summed E-state index contributed by atoms with van der Waals surface area (Å²) < 4.78 is 0. The van der Waals surface area contributed by atoms with Crippen LogP contribution in [0.15, 0.2) is 42.0 Å². The lowest BCUT2D eigenvalue weighted by Gasteiger charge is -2.27. The summed E-state index contributed by atoms with van der Waals surface area (Å²) in [5, 5.41) is 3.41. The summed E-state index contributed by atoms with van der Waals surface area (Å²) in [7, 11) is 0. The Kier molecular flexibility index (Phi) is 5.36. The van der Waals surface area contributed by atoms with Gasteiger partial charge in [0.05, 0.1) is 0 Å². The quantitative estimate of drug-likeness (QED) is 0.854. The second-order valence-corrected chi connectivity index (χ2v) is 6.98. The normalized spacial score (nSPS) is 19.3. The van der Waals surface area contributed by atoms with Gasteiger partial charge >= 0.3 is 0 Å². The van der Waals surface area contributed by atoms with E-state index in [1.54, 1.807) is 6.08 Å². The Morgan fingerprint density at radius 1 is 1.18 bits per heavy atom. The van der Waals surface area contributed by atoms with E-state index < -0.39 is 0 Å². The summed E-state index contributed by atoms with van der Waals surface area (Å²) in [5.74, 6) is 0.241. The molecule has 1 atom stereocenters. The predicted octanol–water partition coefficient (Wildman–Crippen LogP) is 4.69. The molecule has 1 aliphatic carbocycles. The summed E-state index contributed by atoms with van der Waals surface area (Å²) in [6, 6.07) is 8.98. The van der Waals surface area contributed by atoms with Crippen LogP contribution in [0.2, 0.25) is 0 Å². The van der Waals surface area contributed by atoms with Crippen LogP contribution < -0.4 is 5.32 Å². The van der Waals surface area contributed by atoms with Crippen molar-refractivity contribution in [3.05, 3.63) is 53.1 Å². The third kappa shape index (κ3) is 4.67. The van der Waals surface area contributed by atoms with Gasteiger partial charge in [0.25, 0.3) is 0 Å². The third-order valence-electron chi connectivity index (χ3n) is 4.12. The minimum atomic E-state index is 0.0800. The summed E-state index contributed by atoms with van der Waals surface area (Å²) in [4.78, 5) is 11.8. The van der Waals surface area contributed by atoms with Crippen LogP contribution in [0.1, 0.15) is 57.7 Å². The first kappa shape index (κ1) is 16.7. The molecule has 118 valence electrons. The van der Waals surface area contributed by atoms with E-state index >= 15 is 0 Å². The van der Waals surface area contributed by atoms with Gasteiger partial charge in [-0.3, -0.25) is 4.79 Å². The highest BCUT2D eigenvalue weighted by atomic mass is 16.1. The first-order chi connectivity index (χ1) is 10.4. The molecular weight excluding hydrogens is 270 g/mol. The SMILES string of the molecule is CCNC(C)c1ccc(/C=C/C2=CC(=O)CC(C)(C)C2)cc1. The Balaban J connectivity index is 2.06. The Morgan fingerprint density at radius 2 is 1.86 bits per heavy atom. The second-order valence-electron chi connectivity index (χ2n) is 6.98. The number of hydrogen-bond donors (Lipinski definition) is 1. The van der Waals surface area contributed by atoms with Crippen molar-refractivity contribution in [2.45, 2.75) is 46.6 Å². The van der Waals surface area contributed by atoms with E-state index in [9.17, 15) is 4.79 Å². The maximum absolute atomic E-state index is 11.8. The maximum Gasteiger partial charge on any atom is 0.156 e. The van der Waals surface area contributed by atoms with Gasteiger partial charge in [0.2, 0.25) is 0 Å². The molecule has 0 saturated heterocycles. The Hall–Kier alpha value is -1.67. The molecule has 0 radical (unpaired) electrons. The molecule has 0 aliphatic heterocycles. The van der Waals surface area contributed by atoms with E-state index in [2.05, 4.69) is 69.4 Å². The van der Waals surface area contributed by atoms with Gasteiger partial charge in [-0.15, -0.1) is 0 Å². The van der Waals surface area contributed by atoms with E-state index in [-0.39, 0.29) is 11.2 Å². The van der Waals surface area contributed by atoms with E-state index in [0.29, 0.717) is 12.5 Å². The standard InChI is InChI=1S/C20H27NO/c1-5-21-15(2)18-10-8-16(9-11-18)6-7-17-12-19(22)14-20(3,4)13-17/h6-12,15,21H,5,13-14H2,1-4H3/b7-6+. The number of benzene rings is 1. The summed E-state index contributed by atoms with van der Waals surface area (Å²) in [6.45, 7) is 9.58. The van der Waals surface area contributed by atoms with Crippen LogP contribution in [-0.2, 0) is 4.79 Å². The van der Waals surface area contributed by atoms with E-state index in [0.717, 1.165) is 18.5 Å². The molecule has 1 aromatic carbocycles. The van der Waals surface area contributed by atoms with Crippen LogP contribution in [-0.4, -0.2) is 12.3 Å². The fourth-order valence-corrected chi connectivity index (χ4v) is 3.03. The van der Waals surface area contributed by atoms with Crippen molar-refractivity contribution in [2.75, 3.05) is 6.54 Å². The van der Waals surface area contributed by atoms with Crippen molar-refractivity contribution in [3.8, 4) is 0 Å². The molecule has 22 heavy (non-hydrogen) atoms. The van der Waals surface area contributed by atoms with Gasteiger partial charge in [-0.2, -0.15) is 0 Å². The molecule has 0 spiro atoms. The molecule has 0 amide bonds. The molecule has 0 aromatic heterocycles. The average Bonchev–Trinajstić information content (AvgIpc) is 2.44. The molecule has 0 heterocycles. The van der Waals surface area contributed by atoms with E-state index in [1.165, 1.54) is 11.1 Å². The molecule has 1 unspecified atom stereocenters. The number of allylic oxidation sites excluding steroid dienone is 3. The molecule has 2 heteroatoms. The average molecular weight is 297 g/mol. The molecule has 0 bridgehead atoms. The lowest BCUT2D eigenvalue weighted by Crippen LogP contribution is -2.21. The lowest BCUT2D eigenvalue weighted by atomic mass is 9.77. The monoisotopic (exact) mass is 297 g/mol. The zero-order valence-corrected chi connectivity index (χ0v) is 14.1. The van der Waals surface area contributed by atoms with Gasteiger partial charge in [-0.25, -0.2) is 0 Å². The third-order valence-corrected chi connectivity index (χ3v) is 4.12. The highest BCUT2D eigenvalue weighted by Gasteiger charge is 2.26. The molecule has 0 saturated carbocycles. The predicted molar refractivity (Wildman–Crippen MR) is 93.7 cm³/mol. The van der Waals surface area contributed by atoms with E-state index in [4.69, 9.17) is 0 Å². The first-order valence-electron chi connectivity index (χ1n) is 8.14. The van der Waals surface area contributed by atoms with Crippen LogP contribution in [0, 0.1) is 5.41 Å². The van der Waals surface area contributed by atoms with Crippen molar-refractivity contribution in [1.82, 2.24) is 5.32 Å². The number of nitrogens with one attached hydrogen (secondary N) is 1. The van der Waals surface area contributed by atoms with E-state index in [1.807, 2.05) is 0 Å². The fourth-order valence-electron chi connectivity index (χ4n) is 3.03. The van der Waals surface area contributed by atoms with Crippen LogP contribution in [0.3, 0.4) is 0 Å². The van der Waals surface area contributed by atoms with Gasteiger partial charge in [-0.1, -0.05) is 57.2 Å². The van der Waals surface area contributed by atoms with Crippen molar-refractivity contribution < 1.29 is 4.79 Å². The number of rotatable bonds is 5. The van der Waals surface area contributed by atoms with Crippen LogP contribution in [0.4, 0.5) is 0 Å². The minimum Gasteiger partial charge on any atom is -0.310 e. The second kappa shape index (κ2) is 7.06. The Bertz CT molecular complexity index is 578. The Labute approximate surface area is 134 Å². The molecule has 0 fully saturated rings. The summed E-state index contributed by atoms with van der Waals surface area (Å²) in [5.41, 5.74) is 3.68. The van der Waals surface area contributed by atoms with Crippen LogP contribution in [0.5, 0.6) is 0 Å². The van der Waals surface area contributed by atoms with Crippen molar-refractivity contribution >= 4 is 11.9 Å². The number of ketones is 1. The zero-order chi connectivity index (χ0) is 16.2. The Morgan fingerprint density at radius 3 is 2.45 bits per heavy atom. The lowest BCUT2D eigenvalue weighted by molar-refractivity contribution is -0.116. The molecule has 2 nitrogen and oxygen atoms in total. The molecule has 1 N–H and O–H groups in total. The minimum absolute atomic E-state index is 0.0800. The van der Waals surface area contributed by atoms with Gasteiger partial charge in [-0.05, 0) is 48.1 Å². The van der Waals surface area contributed by atoms with Crippen LogP contribution in [0.25, 0.3) is 6.08 Å². The van der Waals surface area contributed by atoms with Crippen molar-refractivity contribution in [3.63, 3.8) is 0 Å². The largest absolute Gasteiger partial charge is 0.310 e.